The number of benzene rings is 2. The monoisotopic (exact) mass is 333 g/mol. The molecule has 0 aliphatic heterocycles. The first-order valence-corrected chi connectivity index (χ1v) is 8.41. The Kier molecular flexibility index (Phi) is 4.06. The molecule has 1 aromatic heterocycles. The van der Waals surface area contributed by atoms with E-state index in [0.717, 1.165) is 35.2 Å². The van der Waals surface area contributed by atoms with E-state index in [2.05, 4.69) is 15.3 Å². The zero-order valence-electron chi connectivity index (χ0n) is 14.0. The molecule has 1 heterocycles. The van der Waals surface area contributed by atoms with Crippen molar-refractivity contribution in [2.75, 3.05) is 7.11 Å². The third kappa shape index (κ3) is 3.31. The lowest BCUT2D eigenvalue weighted by atomic mass is 10.0. The fourth-order valence-electron chi connectivity index (χ4n) is 3.00. The lowest BCUT2D eigenvalue weighted by molar-refractivity contribution is 0.0926. The molecular formula is C20H19N3O2. The van der Waals surface area contributed by atoms with E-state index in [-0.39, 0.29) is 11.9 Å². The molecular weight excluding hydrogens is 314 g/mol. The van der Waals surface area contributed by atoms with Crippen molar-refractivity contribution in [1.29, 1.82) is 0 Å². The standard InChI is InChI=1S/C20H19N3O2/c1-25-15-10-8-14(9-11-15)19(13-6-7-13)23-20(24)18-12-21-16-4-2-3-5-17(16)22-18/h2-5,8-13,19H,6-7H2,1H3,(H,23,24)/t19-/m0/s1. The summed E-state index contributed by atoms with van der Waals surface area (Å²) in [6, 6.07) is 15.4. The number of aromatic nitrogens is 2. The number of hydrogen-bond acceptors (Lipinski definition) is 4. The van der Waals surface area contributed by atoms with Crippen LogP contribution in [0.2, 0.25) is 0 Å². The van der Waals surface area contributed by atoms with Crippen LogP contribution in [0.5, 0.6) is 5.75 Å². The summed E-state index contributed by atoms with van der Waals surface area (Å²) in [4.78, 5) is 21.4. The number of amides is 1. The Hall–Kier alpha value is -2.95. The fraction of sp³-hybridized carbons (Fsp3) is 0.250. The number of carbonyl (C=O) groups is 1. The van der Waals surface area contributed by atoms with Crippen LogP contribution in [0.25, 0.3) is 11.0 Å². The molecule has 0 saturated heterocycles. The lowest BCUT2D eigenvalue weighted by Gasteiger charge is -2.19. The van der Waals surface area contributed by atoms with Gasteiger partial charge in [-0.1, -0.05) is 24.3 Å². The minimum atomic E-state index is -0.189. The molecule has 1 fully saturated rings. The fourth-order valence-corrected chi connectivity index (χ4v) is 3.00. The van der Waals surface area contributed by atoms with E-state index in [9.17, 15) is 4.79 Å². The van der Waals surface area contributed by atoms with E-state index in [1.165, 1.54) is 6.20 Å². The van der Waals surface area contributed by atoms with Crippen molar-refractivity contribution >= 4 is 16.9 Å². The molecule has 1 aliphatic carbocycles. The Morgan fingerprint density at radius 3 is 2.52 bits per heavy atom. The van der Waals surface area contributed by atoms with Gasteiger partial charge in [-0.05, 0) is 48.6 Å². The average molecular weight is 333 g/mol. The molecule has 1 saturated carbocycles. The highest BCUT2D eigenvalue weighted by atomic mass is 16.5. The molecule has 1 amide bonds. The molecule has 0 radical (unpaired) electrons. The van der Waals surface area contributed by atoms with Crippen LogP contribution in [0.15, 0.2) is 54.7 Å². The van der Waals surface area contributed by atoms with Gasteiger partial charge in [-0.15, -0.1) is 0 Å². The van der Waals surface area contributed by atoms with Crippen molar-refractivity contribution in [2.45, 2.75) is 18.9 Å². The molecule has 0 spiro atoms. The number of carbonyl (C=O) groups excluding carboxylic acids is 1. The number of nitrogens with zero attached hydrogens (tertiary/aromatic N) is 2. The zero-order valence-corrected chi connectivity index (χ0v) is 14.0. The van der Waals surface area contributed by atoms with Gasteiger partial charge in [-0.2, -0.15) is 0 Å². The third-order valence-electron chi connectivity index (χ3n) is 4.54. The second-order valence-corrected chi connectivity index (χ2v) is 6.31. The van der Waals surface area contributed by atoms with Gasteiger partial charge in [0, 0.05) is 0 Å². The summed E-state index contributed by atoms with van der Waals surface area (Å²) >= 11 is 0. The van der Waals surface area contributed by atoms with Crippen LogP contribution in [0.3, 0.4) is 0 Å². The number of methoxy groups -OCH3 is 1. The number of para-hydroxylation sites is 2. The van der Waals surface area contributed by atoms with Crippen LogP contribution in [0.1, 0.15) is 34.9 Å². The first kappa shape index (κ1) is 15.6. The maximum absolute atomic E-state index is 12.7. The number of rotatable bonds is 5. The van der Waals surface area contributed by atoms with Crippen molar-refractivity contribution in [2.24, 2.45) is 5.92 Å². The Bertz CT molecular complexity index is 904. The largest absolute Gasteiger partial charge is 0.497 e. The molecule has 3 aromatic rings. The van der Waals surface area contributed by atoms with Gasteiger partial charge < -0.3 is 10.1 Å². The van der Waals surface area contributed by atoms with Crippen molar-refractivity contribution in [3.8, 4) is 5.75 Å². The summed E-state index contributed by atoms with van der Waals surface area (Å²) in [6.07, 6.45) is 3.79. The quantitative estimate of drug-likeness (QED) is 0.776. The van der Waals surface area contributed by atoms with E-state index in [1.807, 2.05) is 48.5 Å². The molecule has 1 N–H and O–H groups in total. The van der Waals surface area contributed by atoms with Crippen LogP contribution in [0.4, 0.5) is 0 Å². The van der Waals surface area contributed by atoms with Crippen molar-refractivity contribution < 1.29 is 9.53 Å². The predicted octanol–water partition coefficient (Wildman–Crippen LogP) is 3.52. The highest BCUT2D eigenvalue weighted by molar-refractivity contribution is 5.94. The minimum Gasteiger partial charge on any atom is -0.497 e. The summed E-state index contributed by atoms with van der Waals surface area (Å²) in [5.74, 6) is 1.10. The Morgan fingerprint density at radius 2 is 1.84 bits per heavy atom. The summed E-state index contributed by atoms with van der Waals surface area (Å²) < 4.78 is 5.21. The maximum Gasteiger partial charge on any atom is 0.271 e. The van der Waals surface area contributed by atoms with Gasteiger partial charge in [0.2, 0.25) is 0 Å². The molecule has 1 atom stereocenters. The van der Waals surface area contributed by atoms with Crippen molar-refractivity contribution in [3.05, 3.63) is 66.0 Å². The molecule has 1 aliphatic rings. The van der Waals surface area contributed by atoms with E-state index in [4.69, 9.17) is 4.74 Å². The average Bonchev–Trinajstić information content (AvgIpc) is 3.51. The van der Waals surface area contributed by atoms with E-state index < -0.39 is 0 Å². The third-order valence-corrected chi connectivity index (χ3v) is 4.54. The van der Waals surface area contributed by atoms with Crippen LogP contribution < -0.4 is 10.1 Å². The van der Waals surface area contributed by atoms with Gasteiger partial charge >= 0.3 is 0 Å². The lowest BCUT2D eigenvalue weighted by Crippen LogP contribution is -2.30. The Balaban J connectivity index is 1.57. The van der Waals surface area contributed by atoms with Crippen LogP contribution in [-0.2, 0) is 0 Å². The minimum absolute atomic E-state index is 0.00771. The molecule has 5 nitrogen and oxygen atoms in total. The van der Waals surface area contributed by atoms with E-state index in [0.29, 0.717) is 11.6 Å². The number of nitrogens with one attached hydrogen (secondary N) is 1. The highest BCUT2D eigenvalue weighted by Gasteiger charge is 2.33. The van der Waals surface area contributed by atoms with Crippen LogP contribution >= 0.6 is 0 Å². The van der Waals surface area contributed by atoms with E-state index >= 15 is 0 Å². The molecule has 4 rings (SSSR count). The molecule has 126 valence electrons. The van der Waals surface area contributed by atoms with Crippen LogP contribution in [-0.4, -0.2) is 23.0 Å². The van der Waals surface area contributed by atoms with Gasteiger partial charge in [0.25, 0.3) is 5.91 Å². The first-order valence-electron chi connectivity index (χ1n) is 8.41. The predicted molar refractivity (Wildman–Crippen MR) is 95.5 cm³/mol. The van der Waals surface area contributed by atoms with Gasteiger partial charge in [-0.3, -0.25) is 9.78 Å². The molecule has 5 heteroatoms. The summed E-state index contributed by atoms with van der Waals surface area (Å²) in [7, 11) is 1.65. The summed E-state index contributed by atoms with van der Waals surface area (Å²) in [5, 5.41) is 3.13. The second-order valence-electron chi connectivity index (χ2n) is 6.31. The van der Waals surface area contributed by atoms with Gasteiger partial charge in [0.05, 0.1) is 30.4 Å². The van der Waals surface area contributed by atoms with Gasteiger partial charge in [-0.25, -0.2) is 4.98 Å². The molecule has 0 unspecified atom stereocenters. The SMILES string of the molecule is COc1ccc([C@@H](NC(=O)c2cnc3ccccc3n2)C2CC2)cc1. The van der Waals surface area contributed by atoms with Crippen molar-refractivity contribution in [1.82, 2.24) is 15.3 Å². The maximum atomic E-state index is 12.7. The van der Waals surface area contributed by atoms with Crippen LogP contribution in [0, 0.1) is 5.92 Å². The van der Waals surface area contributed by atoms with E-state index in [1.54, 1.807) is 7.11 Å². The molecule has 2 aromatic carbocycles. The Morgan fingerprint density at radius 1 is 1.12 bits per heavy atom. The number of ether oxygens (including phenoxy) is 1. The molecule has 0 bridgehead atoms. The molecule has 25 heavy (non-hydrogen) atoms. The topological polar surface area (TPSA) is 64.1 Å². The first-order chi connectivity index (χ1) is 12.2. The van der Waals surface area contributed by atoms with Crippen molar-refractivity contribution in [3.63, 3.8) is 0 Å². The van der Waals surface area contributed by atoms with Gasteiger partial charge in [0.1, 0.15) is 11.4 Å². The summed E-state index contributed by atoms with van der Waals surface area (Å²) in [5.41, 5.74) is 2.94. The number of hydrogen-bond donors (Lipinski definition) is 1. The zero-order chi connectivity index (χ0) is 17.2. The highest BCUT2D eigenvalue weighted by Crippen LogP contribution is 2.41. The smallest absolute Gasteiger partial charge is 0.271 e. The van der Waals surface area contributed by atoms with Gasteiger partial charge in [0.15, 0.2) is 0 Å². The normalized spacial score (nSPS) is 14.9. The Labute approximate surface area is 146 Å². The second kappa shape index (κ2) is 6.51. The summed E-state index contributed by atoms with van der Waals surface area (Å²) in [6.45, 7) is 0. The number of fused-ring (bicyclic) bond motifs is 1.